The number of para-hydroxylation sites is 1. The number of esters is 1. The highest BCUT2D eigenvalue weighted by Gasteiger charge is 2.37. The number of benzene rings is 1. The van der Waals surface area contributed by atoms with Crippen LogP contribution in [0.3, 0.4) is 0 Å². The summed E-state index contributed by atoms with van der Waals surface area (Å²) in [7, 11) is 0. The summed E-state index contributed by atoms with van der Waals surface area (Å²) in [5.74, 6) is -2.34. The number of hydrogen-bond donors (Lipinski definition) is 0. The van der Waals surface area contributed by atoms with Gasteiger partial charge >= 0.3 is 5.97 Å². The zero-order valence-corrected chi connectivity index (χ0v) is 14.1. The highest BCUT2D eigenvalue weighted by atomic mass is 16.5. The van der Waals surface area contributed by atoms with Gasteiger partial charge in [0.25, 0.3) is 17.6 Å². The van der Waals surface area contributed by atoms with Crippen molar-refractivity contribution in [3.8, 4) is 0 Å². The number of likely N-dealkylation sites (tertiary alicyclic amines) is 1. The number of hydrogen-bond acceptors (Lipinski definition) is 5. The van der Waals surface area contributed by atoms with Gasteiger partial charge in [0.15, 0.2) is 6.61 Å². The highest BCUT2D eigenvalue weighted by molar-refractivity contribution is 6.52. The van der Waals surface area contributed by atoms with Gasteiger partial charge in [-0.15, -0.1) is 0 Å². The summed E-state index contributed by atoms with van der Waals surface area (Å²) in [6.07, 6.45) is 2.99. The van der Waals surface area contributed by atoms with E-state index in [4.69, 9.17) is 4.74 Å². The van der Waals surface area contributed by atoms with Crippen LogP contribution in [0.4, 0.5) is 5.69 Å². The van der Waals surface area contributed by atoms with Crippen molar-refractivity contribution in [2.45, 2.75) is 32.2 Å². The fourth-order valence-electron chi connectivity index (χ4n) is 3.27. The molecule has 1 atom stereocenters. The Hall–Kier alpha value is -2.70. The molecule has 0 bridgehead atoms. The zero-order chi connectivity index (χ0) is 18.0. The smallest absolute Gasteiger partial charge is 0.326 e. The largest absolute Gasteiger partial charge is 0.454 e. The Bertz CT molecular complexity index is 730. The summed E-state index contributed by atoms with van der Waals surface area (Å²) in [5, 5.41) is 0. The van der Waals surface area contributed by atoms with Crippen molar-refractivity contribution in [2.24, 2.45) is 0 Å². The number of ether oxygens (including phenoxy) is 1. The van der Waals surface area contributed by atoms with Crippen molar-refractivity contribution in [3.63, 3.8) is 0 Å². The van der Waals surface area contributed by atoms with E-state index < -0.39 is 17.7 Å². The molecule has 132 valence electrons. The minimum Gasteiger partial charge on any atom is -0.454 e. The molecule has 0 aliphatic carbocycles. The summed E-state index contributed by atoms with van der Waals surface area (Å²) in [5.41, 5.74) is 0.670. The van der Waals surface area contributed by atoms with Crippen LogP contribution in [0, 0.1) is 0 Å². The lowest BCUT2D eigenvalue weighted by atomic mass is 10.0. The molecule has 7 nitrogen and oxygen atoms in total. The number of carbonyl (C=O) groups is 4. The molecule has 2 aliphatic heterocycles. The van der Waals surface area contributed by atoms with E-state index >= 15 is 0 Å². The first-order valence-electron chi connectivity index (χ1n) is 8.39. The zero-order valence-electron chi connectivity index (χ0n) is 14.1. The number of nitrogens with zero attached hydrogens (tertiary/aromatic N) is 2. The van der Waals surface area contributed by atoms with Gasteiger partial charge in [0.05, 0.1) is 11.3 Å². The van der Waals surface area contributed by atoms with Gasteiger partial charge < -0.3 is 9.64 Å². The number of Topliss-reactive ketones (excluding diaryl/α,β-unsaturated/α-hetero) is 1. The summed E-state index contributed by atoms with van der Waals surface area (Å²) in [4.78, 5) is 50.9. The fraction of sp³-hybridized carbons (Fsp3) is 0.444. The van der Waals surface area contributed by atoms with E-state index in [2.05, 4.69) is 0 Å². The highest BCUT2D eigenvalue weighted by Crippen LogP contribution is 2.28. The van der Waals surface area contributed by atoms with Gasteiger partial charge in [-0.1, -0.05) is 12.1 Å². The summed E-state index contributed by atoms with van der Waals surface area (Å²) >= 11 is 0. The van der Waals surface area contributed by atoms with E-state index in [9.17, 15) is 19.2 Å². The van der Waals surface area contributed by atoms with E-state index in [0.717, 1.165) is 24.2 Å². The number of anilines is 1. The maximum absolute atomic E-state index is 12.2. The maximum atomic E-state index is 12.2. The number of fused-ring (bicyclic) bond motifs is 1. The summed E-state index contributed by atoms with van der Waals surface area (Å²) in [6.45, 7) is 1.92. The molecule has 1 aromatic rings. The maximum Gasteiger partial charge on any atom is 0.326 e. The average Bonchev–Trinajstić information content (AvgIpc) is 2.85. The predicted octanol–water partition coefficient (Wildman–Crippen LogP) is 1.16. The standard InChI is InChI=1S/C18H20N2O5/c1-12-6-4-5-9-19(12)15(21)11-25-16(22)10-20-14-8-3-2-7-13(14)17(23)18(20)24/h2-3,7-8,12H,4-6,9-11H2,1H3/t12-/m1/s1. The van der Waals surface area contributed by atoms with Crippen molar-refractivity contribution in [1.29, 1.82) is 0 Å². The molecule has 2 aliphatic rings. The molecule has 1 fully saturated rings. The minimum absolute atomic E-state index is 0.143. The van der Waals surface area contributed by atoms with Crippen LogP contribution in [0.1, 0.15) is 36.5 Å². The third kappa shape index (κ3) is 3.40. The third-order valence-corrected chi connectivity index (χ3v) is 4.65. The first kappa shape index (κ1) is 17.1. The molecule has 0 saturated carbocycles. The van der Waals surface area contributed by atoms with Crippen LogP contribution in [0.2, 0.25) is 0 Å². The van der Waals surface area contributed by atoms with Gasteiger partial charge in [-0.2, -0.15) is 0 Å². The second kappa shape index (κ2) is 7.04. The molecule has 0 aromatic heterocycles. The lowest BCUT2D eigenvalue weighted by Crippen LogP contribution is -2.44. The van der Waals surface area contributed by atoms with E-state index in [0.29, 0.717) is 12.2 Å². The number of ketones is 1. The lowest BCUT2D eigenvalue weighted by molar-refractivity contribution is -0.152. The number of piperidine rings is 1. The first-order chi connectivity index (χ1) is 12.0. The quantitative estimate of drug-likeness (QED) is 0.604. The van der Waals surface area contributed by atoms with Crippen LogP contribution in [-0.2, 0) is 19.1 Å². The Morgan fingerprint density at radius 3 is 2.72 bits per heavy atom. The molecule has 25 heavy (non-hydrogen) atoms. The van der Waals surface area contributed by atoms with Gasteiger partial charge in [-0.25, -0.2) is 0 Å². The van der Waals surface area contributed by atoms with Crippen molar-refractivity contribution >= 4 is 29.3 Å². The van der Waals surface area contributed by atoms with E-state index in [1.807, 2.05) is 6.92 Å². The second-order valence-electron chi connectivity index (χ2n) is 6.33. The SMILES string of the molecule is C[C@@H]1CCCCN1C(=O)COC(=O)CN1C(=O)C(=O)c2ccccc21. The van der Waals surface area contributed by atoms with Gasteiger partial charge in [-0.05, 0) is 38.3 Å². The molecule has 1 aromatic carbocycles. The molecule has 3 rings (SSSR count). The number of rotatable bonds is 4. The second-order valence-corrected chi connectivity index (χ2v) is 6.33. The molecular formula is C18H20N2O5. The van der Waals surface area contributed by atoms with Crippen molar-refractivity contribution in [2.75, 3.05) is 24.6 Å². The first-order valence-corrected chi connectivity index (χ1v) is 8.39. The number of carbonyl (C=O) groups excluding carboxylic acids is 4. The third-order valence-electron chi connectivity index (χ3n) is 4.65. The van der Waals surface area contributed by atoms with Gasteiger partial charge in [0, 0.05) is 12.6 Å². The van der Waals surface area contributed by atoms with Crippen LogP contribution < -0.4 is 4.90 Å². The predicted molar refractivity (Wildman–Crippen MR) is 89.1 cm³/mol. The Morgan fingerprint density at radius 2 is 1.96 bits per heavy atom. The Balaban J connectivity index is 1.57. The van der Waals surface area contributed by atoms with Gasteiger partial charge in [0.1, 0.15) is 6.54 Å². The van der Waals surface area contributed by atoms with Gasteiger partial charge in [-0.3, -0.25) is 24.1 Å². The van der Waals surface area contributed by atoms with Crippen molar-refractivity contribution in [3.05, 3.63) is 29.8 Å². The normalized spacial score (nSPS) is 19.8. The molecule has 0 spiro atoms. The van der Waals surface area contributed by atoms with E-state index in [1.165, 1.54) is 0 Å². The van der Waals surface area contributed by atoms with Crippen molar-refractivity contribution < 1.29 is 23.9 Å². The molecular weight excluding hydrogens is 324 g/mol. The summed E-state index contributed by atoms with van der Waals surface area (Å²) in [6, 6.07) is 6.63. The molecule has 7 heteroatoms. The minimum atomic E-state index is -0.755. The Morgan fingerprint density at radius 1 is 1.20 bits per heavy atom. The van der Waals surface area contributed by atoms with Gasteiger partial charge in [0.2, 0.25) is 0 Å². The Labute approximate surface area is 145 Å². The molecule has 0 unspecified atom stereocenters. The summed E-state index contributed by atoms with van der Waals surface area (Å²) < 4.78 is 5.03. The average molecular weight is 344 g/mol. The number of amides is 2. The van der Waals surface area contributed by atoms with Crippen LogP contribution in [-0.4, -0.2) is 54.2 Å². The van der Waals surface area contributed by atoms with E-state index in [1.54, 1.807) is 29.2 Å². The van der Waals surface area contributed by atoms with Crippen LogP contribution in [0.25, 0.3) is 0 Å². The van der Waals surface area contributed by atoms with E-state index in [-0.39, 0.29) is 30.7 Å². The molecule has 2 amide bonds. The molecule has 0 radical (unpaired) electrons. The monoisotopic (exact) mass is 344 g/mol. The molecule has 2 heterocycles. The van der Waals surface area contributed by atoms with Crippen molar-refractivity contribution in [1.82, 2.24) is 4.90 Å². The lowest BCUT2D eigenvalue weighted by Gasteiger charge is -2.33. The Kier molecular flexibility index (Phi) is 4.83. The fourth-order valence-corrected chi connectivity index (χ4v) is 3.27. The van der Waals surface area contributed by atoms with Crippen LogP contribution in [0.15, 0.2) is 24.3 Å². The van der Waals surface area contributed by atoms with Crippen LogP contribution >= 0.6 is 0 Å². The molecule has 1 saturated heterocycles. The van der Waals surface area contributed by atoms with Crippen LogP contribution in [0.5, 0.6) is 0 Å². The topological polar surface area (TPSA) is 84.0 Å². The molecule has 0 N–H and O–H groups in total.